The van der Waals surface area contributed by atoms with Crippen LogP contribution in [0.15, 0.2) is 29.0 Å². The van der Waals surface area contributed by atoms with Gasteiger partial charge < -0.3 is 9.84 Å². The van der Waals surface area contributed by atoms with Crippen molar-refractivity contribution in [2.24, 2.45) is 0 Å². The second-order valence-corrected chi connectivity index (χ2v) is 5.74. The Kier molecular flexibility index (Phi) is 4.20. The van der Waals surface area contributed by atoms with Crippen LogP contribution >= 0.6 is 0 Å². The van der Waals surface area contributed by atoms with Gasteiger partial charge in [-0.25, -0.2) is 0 Å². The lowest BCUT2D eigenvalue weighted by Gasteiger charge is -2.16. The third-order valence-corrected chi connectivity index (χ3v) is 4.09. The van der Waals surface area contributed by atoms with Gasteiger partial charge in [0, 0.05) is 43.6 Å². The molecule has 1 N–H and O–H groups in total. The van der Waals surface area contributed by atoms with Gasteiger partial charge in [0.25, 0.3) is 5.91 Å². The molecule has 0 bridgehead atoms. The highest BCUT2D eigenvalue weighted by Crippen LogP contribution is 2.18. The predicted molar refractivity (Wildman–Crippen MR) is 81.4 cm³/mol. The van der Waals surface area contributed by atoms with Crippen molar-refractivity contribution in [1.29, 1.82) is 0 Å². The number of likely N-dealkylation sites (tertiary alicyclic amines) is 1. The van der Waals surface area contributed by atoms with Crippen molar-refractivity contribution in [2.45, 2.75) is 32.9 Å². The lowest BCUT2D eigenvalue weighted by Crippen LogP contribution is -2.37. The van der Waals surface area contributed by atoms with Crippen molar-refractivity contribution in [3.63, 3.8) is 0 Å². The number of amides is 1. The molecule has 1 amide bonds. The molecule has 2 aromatic rings. The Bertz CT molecular complexity index is 634. The van der Waals surface area contributed by atoms with Gasteiger partial charge in [-0.15, -0.1) is 0 Å². The molecule has 1 aliphatic heterocycles. The van der Waals surface area contributed by atoms with Crippen LogP contribution in [0.4, 0.5) is 0 Å². The Labute approximate surface area is 129 Å². The normalized spacial score (nSPS) is 18.5. The number of hydrogen-bond acceptors (Lipinski definition) is 5. The lowest BCUT2D eigenvalue weighted by atomic mass is 10.2. The topological polar surface area (TPSA) is 71.3 Å². The largest absolute Gasteiger partial charge is 0.361 e. The van der Waals surface area contributed by atoms with Gasteiger partial charge in [0.05, 0.1) is 11.3 Å². The quantitative estimate of drug-likeness (QED) is 0.930. The van der Waals surface area contributed by atoms with E-state index in [0.29, 0.717) is 5.56 Å². The summed E-state index contributed by atoms with van der Waals surface area (Å²) < 4.78 is 5.20. The zero-order chi connectivity index (χ0) is 15.5. The summed E-state index contributed by atoms with van der Waals surface area (Å²) in [5, 5.41) is 7.06. The lowest BCUT2D eigenvalue weighted by molar-refractivity contribution is 0.0937. The highest BCUT2D eigenvalue weighted by molar-refractivity contribution is 5.94. The van der Waals surface area contributed by atoms with E-state index in [1.54, 1.807) is 24.5 Å². The molecule has 2 aromatic heterocycles. The zero-order valence-corrected chi connectivity index (χ0v) is 12.9. The minimum atomic E-state index is -0.0581. The predicted octanol–water partition coefficient (Wildman–Crippen LogP) is 1.69. The first-order chi connectivity index (χ1) is 10.6. The van der Waals surface area contributed by atoms with Gasteiger partial charge in [0.1, 0.15) is 5.76 Å². The maximum absolute atomic E-state index is 12.1. The third kappa shape index (κ3) is 3.17. The molecule has 116 valence electrons. The maximum Gasteiger partial charge on any atom is 0.253 e. The summed E-state index contributed by atoms with van der Waals surface area (Å²) in [5.41, 5.74) is 2.70. The summed E-state index contributed by atoms with van der Waals surface area (Å²) >= 11 is 0. The fraction of sp³-hybridized carbons (Fsp3) is 0.438. The van der Waals surface area contributed by atoms with E-state index in [4.69, 9.17) is 4.52 Å². The molecule has 6 heteroatoms. The van der Waals surface area contributed by atoms with Crippen molar-refractivity contribution in [3.8, 4) is 0 Å². The molecule has 0 saturated carbocycles. The van der Waals surface area contributed by atoms with Crippen molar-refractivity contribution in [2.75, 3.05) is 13.1 Å². The molecule has 3 heterocycles. The molecule has 1 atom stereocenters. The number of rotatable bonds is 4. The Hall–Kier alpha value is -2.21. The van der Waals surface area contributed by atoms with E-state index in [2.05, 4.69) is 20.4 Å². The molecule has 1 unspecified atom stereocenters. The van der Waals surface area contributed by atoms with Gasteiger partial charge in [-0.3, -0.25) is 14.7 Å². The molecule has 0 spiro atoms. The van der Waals surface area contributed by atoms with Gasteiger partial charge >= 0.3 is 0 Å². The van der Waals surface area contributed by atoms with Crippen molar-refractivity contribution in [3.05, 3.63) is 47.1 Å². The summed E-state index contributed by atoms with van der Waals surface area (Å²) in [6, 6.07) is 3.72. The highest BCUT2D eigenvalue weighted by Gasteiger charge is 2.25. The number of carbonyl (C=O) groups is 1. The zero-order valence-electron chi connectivity index (χ0n) is 12.9. The molecule has 1 fully saturated rings. The monoisotopic (exact) mass is 300 g/mol. The van der Waals surface area contributed by atoms with E-state index in [0.717, 1.165) is 43.1 Å². The molecule has 3 rings (SSSR count). The molecule has 0 radical (unpaired) electrons. The summed E-state index contributed by atoms with van der Waals surface area (Å²) in [7, 11) is 0. The average molecular weight is 300 g/mol. The standard InChI is InChI=1S/C16H20N4O2/c1-11-15(12(2)22-19-11)10-20-7-5-14(9-20)18-16(21)13-4-3-6-17-8-13/h3-4,6,8,14H,5,7,9-10H2,1-2H3,(H,18,21). The average Bonchev–Trinajstić information content (AvgIpc) is 3.10. The molecule has 0 aromatic carbocycles. The fourth-order valence-electron chi connectivity index (χ4n) is 2.81. The van der Waals surface area contributed by atoms with Crippen molar-refractivity contribution < 1.29 is 9.32 Å². The Balaban J connectivity index is 1.55. The van der Waals surface area contributed by atoms with Crippen LogP contribution in [-0.4, -0.2) is 40.1 Å². The molecule has 22 heavy (non-hydrogen) atoms. The van der Waals surface area contributed by atoms with Crippen LogP contribution in [0.3, 0.4) is 0 Å². The van der Waals surface area contributed by atoms with Crippen LogP contribution in [0.25, 0.3) is 0 Å². The number of aryl methyl sites for hydroxylation is 2. The number of pyridine rings is 1. The molecular weight excluding hydrogens is 280 g/mol. The van der Waals surface area contributed by atoms with Crippen LogP contribution in [0.1, 0.15) is 33.8 Å². The molecule has 0 aliphatic carbocycles. The SMILES string of the molecule is Cc1noc(C)c1CN1CCC(NC(=O)c2cccnc2)C1. The van der Waals surface area contributed by atoms with E-state index < -0.39 is 0 Å². The van der Waals surface area contributed by atoms with E-state index in [9.17, 15) is 4.79 Å². The smallest absolute Gasteiger partial charge is 0.253 e. The minimum absolute atomic E-state index is 0.0581. The van der Waals surface area contributed by atoms with E-state index >= 15 is 0 Å². The summed E-state index contributed by atoms with van der Waals surface area (Å²) in [6.07, 6.45) is 4.21. The Morgan fingerprint density at radius 1 is 1.50 bits per heavy atom. The van der Waals surface area contributed by atoms with Crippen molar-refractivity contribution in [1.82, 2.24) is 20.4 Å². The second-order valence-electron chi connectivity index (χ2n) is 5.74. The minimum Gasteiger partial charge on any atom is -0.361 e. The first-order valence-electron chi connectivity index (χ1n) is 7.48. The van der Waals surface area contributed by atoms with Crippen LogP contribution < -0.4 is 5.32 Å². The second kappa shape index (κ2) is 6.27. The van der Waals surface area contributed by atoms with Gasteiger partial charge in [-0.1, -0.05) is 5.16 Å². The first-order valence-corrected chi connectivity index (χ1v) is 7.48. The Morgan fingerprint density at radius 2 is 2.36 bits per heavy atom. The van der Waals surface area contributed by atoms with E-state index in [-0.39, 0.29) is 11.9 Å². The van der Waals surface area contributed by atoms with E-state index in [1.165, 1.54) is 0 Å². The highest BCUT2D eigenvalue weighted by atomic mass is 16.5. The van der Waals surface area contributed by atoms with Crippen LogP contribution in [-0.2, 0) is 6.54 Å². The van der Waals surface area contributed by atoms with Gasteiger partial charge in [-0.05, 0) is 32.4 Å². The number of nitrogens with zero attached hydrogens (tertiary/aromatic N) is 3. The Morgan fingerprint density at radius 3 is 3.05 bits per heavy atom. The van der Waals surface area contributed by atoms with Gasteiger partial charge in [-0.2, -0.15) is 0 Å². The molecule has 1 aliphatic rings. The summed E-state index contributed by atoms with van der Waals surface area (Å²) in [4.78, 5) is 18.4. The molecular formula is C16H20N4O2. The fourth-order valence-corrected chi connectivity index (χ4v) is 2.81. The number of hydrogen-bond donors (Lipinski definition) is 1. The number of nitrogens with one attached hydrogen (secondary N) is 1. The first kappa shape index (κ1) is 14.7. The van der Waals surface area contributed by atoms with E-state index in [1.807, 2.05) is 13.8 Å². The van der Waals surface area contributed by atoms with Gasteiger partial charge in [0.2, 0.25) is 0 Å². The van der Waals surface area contributed by atoms with Crippen LogP contribution in [0.2, 0.25) is 0 Å². The van der Waals surface area contributed by atoms with Gasteiger partial charge in [0.15, 0.2) is 0 Å². The number of carbonyl (C=O) groups excluding carboxylic acids is 1. The summed E-state index contributed by atoms with van der Waals surface area (Å²) in [6.45, 7) is 6.52. The maximum atomic E-state index is 12.1. The third-order valence-electron chi connectivity index (χ3n) is 4.09. The summed E-state index contributed by atoms with van der Waals surface area (Å²) in [5.74, 6) is 0.817. The van der Waals surface area contributed by atoms with Crippen LogP contribution in [0, 0.1) is 13.8 Å². The van der Waals surface area contributed by atoms with Crippen LogP contribution in [0.5, 0.6) is 0 Å². The van der Waals surface area contributed by atoms with Crippen molar-refractivity contribution >= 4 is 5.91 Å². The molecule has 6 nitrogen and oxygen atoms in total. The molecule has 1 saturated heterocycles. The number of aromatic nitrogens is 2.